The third kappa shape index (κ3) is 4.10. The van der Waals surface area contributed by atoms with Gasteiger partial charge in [0.15, 0.2) is 0 Å². The van der Waals surface area contributed by atoms with Crippen LogP contribution in [-0.2, 0) is 0 Å². The Morgan fingerprint density at radius 1 is 0.861 bits per heavy atom. The maximum Gasteiger partial charge on any atom is 0.344 e. The average molecular weight is 492 g/mol. The van der Waals surface area contributed by atoms with Crippen LogP contribution in [0.25, 0.3) is 44.3 Å². The normalized spacial score (nSPS) is 11.0. The largest absolute Gasteiger partial charge is 0.422 e. The molecule has 1 N–H and O–H groups in total. The van der Waals surface area contributed by atoms with Gasteiger partial charge in [0.2, 0.25) is 5.82 Å². The van der Waals surface area contributed by atoms with Crippen LogP contribution in [0.4, 0.5) is 5.69 Å². The number of thiophene rings is 1. The molecule has 6 rings (SSSR count). The summed E-state index contributed by atoms with van der Waals surface area (Å²) in [6, 6.07) is 27.0. The molecule has 0 spiro atoms. The number of fused-ring (bicyclic) bond motifs is 1. The number of benzene rings is 3. The molecule has 3 aromatic heterocycles. The summed E-state index contributed by atoms with van der Waals surface area (Å²) in [6.45, 7) is 0. The molecule has 6 aromatic rings. The lowest BCUT2D eigenvalue weighted by molar-refractivity contribution is 0.102. The Labute approximate surface area is 208 Å². The summed E-state index contributed by atoms with van der Waals surface area (Å²) >= 11 is 1.52. The van der Waals surface area contributed by atoms with Gasteiger partial charge in [-0.05, 0) is 53.4 Å². The molecule has 36 heavy (non-hydrogen) atoms. The fourth-order valence-corrected chi connectivity index (χ4v) is 4.53. The van der Waals surface area contributed by atoms with Crippen molar-refractivity contribution in [2.75, 3.05) is 5.32 Å². The number of amides is 1. The van der Waals surface area contributed by atoms with Gasteiger partial charge >= 0.3 is 5.63 Å². The fraction of sp³-hybridized carbons (Fsp3) is 0. The average Bonchev–Trinajstić information content (AvgIpc) is 3.61. The zero-order chi connectivity index (χ0) is 24.5. The zero-order valence-corrected chi connectivity index (χ0v) is 19.5. The van der Waals surface area contributed by atoms with E-state index in [0.29, 0.717) is 45.2 Å². The monoisotopic (exact) mass is 491 g/mol. The van der Waals surface area contributed by atoms with E-state index in [9.17, 15) is 9.59 Å². The predicted octanol–water partition coefficient (Wildman–Crippen LogP) is 6.49. The van der Waals surface area contributed by atoms with E-state index in [4.69, 9.17) is 8.94 Å². The van der Waals surface area contributed by atoms with E-state index < -0.39 is 5.63 Å². The summed E-state index contributed by atoms with van der Waals surface area (Å²) in [5.41, 5.74) is 2.80. The molecule has 0 saturated heterocycles. The Morgan fingerprint density at radius 2 is 1.67 bits per heavy atom. The molecule has 8 heteroatoms. The summed E-state index contributed by atoms with van der Waals surface area (Å²) in [4.78, 5) is 30.9. The highest BCUT2D eigenvalue weighted by Gasteiger charge is 2.17. The van der Waals surface area contributed by atoms with Crippen LogP contribution in [0.5, 0.6) is 0 Å². The number of nitrogens with one attached hydrogen (secondary N) is 1. The van der Waals surface area contributed by atoms with Crippen LogP contribution in [0, 0.1) is 0 Å². The number of rotatable bonds is 5. The predicted molar refractivity (Wildman–Crippen MR) is 139 cm³/mol. The second-order valence-corrected chi connectivity index (χ2v) is 8.91. The van der Waals surface area contributed by atoms with Gasteiger partial charge in [-0.1, -0.05) is 53.7 Å². The van der Waals surface area contributed by atoms with Crippen LogP contribution in [0.2, 0.25) is 0 Å². The lowest BCUT2D eigenvalue weighted by atomic mass is 10.0. The first-order valence-corrected chi connectivity index (χ1v) is 12.0. The van der Waals surface area contributed by atoms with Crippen LogP contribution < -0.4 is 10.9 Å². The lowest BCUT2D eigenvalue weighted by Crippen LogP contribution is -2.12. The second kappa shape index (κ2) is 9.09. The first-order valence-electron chi connectivity index (χ1n) is 11.1. The van der Waals surface area contributed by atoms with Gasteiger partial charge < -0.3 is 14.3 Å². The molecular formula is C28H17N3O4S. The van der Waals surface area contributed by atoms with E-state index in [1.54, 1.807) is 42.5 Å². The summed E-state index contributed by atoms with van der Waals surface area (Å²) in [5.74, 6) is 0.500. The van der Waals surface area contributed by atoms with Crippen LogP contribution >= 0.6 is 11.3 Å². The Kier molecular flexibility index (Phi) is 5.48. The Balaban J connectivity index is 1.25. The SMILES string of the molecule is O=C(Nc1ccccc1-c1nc(-c2cccs2)no1)c1ccc(-c2cc3ccccc3oc2=O)cc1. The maximum atomic E-state index is 13.0. The number of carbonyl (C=O) groups is 1. The molecule has 0 saturated carbocycles. The van der Waals surface area contributed by atoms with Gasteiger partial charge in [0, 0.05) is 10.9 Å². The summed E-state index contributed by atoms with van der Waals surface area (Å²) < 4.78 is 10.9. The van der Waals surface area contributed by atoms with Crippen molar-refractivity contribution in [2.45, 2.75) is 0 Å². The first-order chi connectivity index (χ1) is 17.7. The third-order valence-corrected chi connectivity index (χ3v) is 6.54. The van der Waals surface area contributed by atoms with E-state index in [-0.39, 0.29) is 5.91 Å². The van der Waals surface area contributed by atoms with Gasteiger partial charge in [0.25, 0.3) is 11.8 Å². The van der Waals surface area contributed by atoms with Crippen LogP contribution in [-0.4, -0.2) is 16.0 Å². The van der Waals surface area contributed by atoms with E-state index >= 15 is 0 Å². The van der Waals surface area contributed by atoms with Crippen molar-refractivity contribution in [2.24, 2.45) is 0 Å². The molecule has 3 heterocycles. The quantitative estimate of drug-likeness (QED) is 0.277. The molecular weight excluding hydrogens is 474 g/mol. The van der Waals surface area contributed by atoms with Gasteiger partial charge in [-0.25, -0.2) is 4.79 Å². The number of anilines is 1. The zero-order valence-electron chi connectivity index (χ0n) is 18.7. The first kappa shape index (κ1) is 21.7. The Bertz CT molecular complexity index is 1750. The standard InChI is InChI=1S/C28H17N3O4S/c32-26(18-13-11-17(12-14-18)21-16-19-6-1-4-9-23(19)34-28(21)33)29-22-8-3-2-7-20(22)27-30-25(31-35-27)24-10-5-15-36-24/h1-16H,(H,29,32). The third-order valence-electron chi connectivity index (χ3n) is 5.67. The van der Waals surface area contributed by atoms with E-state index in [0.717, 1.165) is 10.3 Å². The van der Waals surface area contributed by atoms with Crippen molar-refractivity contribution in [1.29, 1.82) is 0 Å². The number of para-hydroxylation sites is 2. The molecule has 7 nitrogen and oxygen atoms in total. The van der Waals surface area contributed by atoms with Crippen molar-refractivity contribution in [1.82, 2.24) is 10.1 Å². The molecule has 0 aliphatic carbocycles. The van der Waals surface area contributed by atoms with Crippen LogP contribution in [0.15, 0.2) is 110 Å². The highest BCUT2D eigenvalue weighted by atomic mass is 32.1. The number of hydrogen-bond acceptors (Lipinski definition) is 7. The smallest absolute Gasteiger partial charge is 0.344 e. The van der Waals surface area contributed by atoms with Crippen molar-refractivity contribution >= 4 is 33.9 Å². The number of nitrogens with zero attached hydrogens (tertiary/aromatic N) is 2. The Hall–Kier alpha value is -4.82. The maximum absolute atomic E-state index is 13.0. The molecule has 0 bridgehead atoms. The number of aromatic nitrogens is 2. The second-order valence-electron chi connectivity index (χ2n) is 7.96. The molecule has 0 fully saturated rings. The number of hydrogen-bond donors (Lipinski definition) is 1. The highest BCUT2D eigenvalue weighted by molar-refractivity contribution is 7.13. The molecule has 174 valence electrons. The van der Waals surface area contributed by atoms with Gasteiger partial charge in [0.05, 0.1) is 21.7 Å². The minimum atomic E-state index is -0.429. The number of carbonyl (C=O) groups excluding carboxylic acids is 1. The van der Waals surface area contributed by atoms with Gasteiger partial charge in [-0.15, -0.1) is 11.3 Å². The van der Waals surface area contributed by atoms with E-state index in [1.165, 1.54) is 11.3 Å². The van der Waals surface area contributed by atoms with Crippen molar-refractivity contribution in [3.8, 4) is 33.3 Å². The highest BCUT2D eigenvalue weighted by Crippen LogP contribution is 2.30. The summed E-state index contributed by atoms with van der Waals surface area (Å²) in [5, 5.41) is 9.75. The van der Waals surface area contributed by atoms with Gasteiger partial charge in [0.1, 0.15) is 5.58 Å². The van der Waals surface area contributed by atoms with Crippen molar-refractivity contribution in [3.05, 3.63) is 112 Å². The molecule has 1 amide bonds. The van der Waals surface area contributed by atoms with Crippen molar-refractivity contribution in [3.63, 3.8) is 0 Å². The molecule has 0 aliphatic rings. The van der Waals surface area contributed by atoms with E-state index in [2.05, 4.69) is 15.5 Å². The molecule has 0 aliphatic heterocycles. The molecule has 0 atom stereocenters. The molecule has 3 aromatic carbocycles. The minimum Gasteiger partial charge on any atom is -0.422 e. The topological polar surface area (TPSA) is 98.2 Å². The van der Waals surface area contributed by atoms with Gasteiger partial charge in [-0.3, -0.25) is 4.79 Å². The fourth-order valence-electron chi connectivity index (χ4n) is 3.88. The minimum absolute atomic E-state index is 0.308. The van der Waals surface area contributed by atoms with Crippen LogP contribution in [0.3, 0.4) is 0 Å². The van der Waals surface area contributed by atoms with Crippen molar-refractivity contribution < 1.29 is 13.7 Å². The molecule has 0 unspecified atom stereocenters. The van der Waals surface area contributed by atoms with Crippen LogP contribution in [0.1, 0.15) is 10.4 Å². The summed E-state index contributed by atoms with van der Waals surface area (Å²) in [6.07, 6.45) is 0. The summed E-state index contributed by atoms with van der Waals surface area (Å²) in [7, 11) is 0. The lowest BCUT2D eigenvalue weighted by Gasteiger charge is -2.09. The molecule has 0 radical (unpaired) electrons. The Morgan fingerprint density at radius 3 is 2.50 bits per heavy atom. The van der Waals surface area contributed by atoms with E-state index in [1.807, 2.05) is 53.9 Å². The van der Waals surface area contributed by atoms with Gasteiger partial charge in [-0.2, -0.15) is 4.98 Å².